The van der Waals surface area contributed by atoms with Gasteiger partial charge in [0.25, 0.3) is 0 Å². The molecule has 1 aromatic rings. The lowest BCUT2D eigenvalue weighted by molar-refractivity contribution is -0.0980. The Hall–Kier alpha value is -2.66. The number of nitrogens with one attached hydrogen (secondary N) is 1. The van der Waals surface area contributed by atoms with Crippen LogP contribution in [0.4, 0.5) is 9.59 Å². The number of aromatic nitrogens is 1. The van der Waals surface area contributed by atoms with E-state index < -0.39 is 11.3 Å². The molecule has 30 heavy (non-hydrogen) atoms. The molecule has 0 unspecified atom stereocenters. The number of carbonyl (C=O) groups excluding carboxylic acids is 3. The lowest BCUT2D eigenvalue weighted by atomic mass is 10.1. The summed E-state index contributed by atoms with van der Waals surface area (Å²) in [6, 6.07) is 2.84. The zero-order valence-electron chi connectivity index (χ0n) is 18.3. The van der Waals surface area contributed by atoms with Crippen LogP contribution in [0.3, 0.4) is 0 Å². The van der Waals surface area contributed by atoms with Crippen LogP contribution in [0.5, 0.6) is 0 Å². The van der Waals surface area contributed by atoms with Crippen molar-refractivity contribution in [2.45, 2.75) is 52.7 Å². The number of amidine groups is 1. The molecule has 2 rings (SSSR count). The number of thiol groups is 1. The van der Waals surface area contributed by atoms with E-state index in [1.165, 1.54) is 11.7 Å². The Morgan fingerprint density at radius 3 is 2.37 bits per heavy atom. The summed E-state index contributed by atoms with van der Waals surface area (Å²) in [5, 5.41) is 5.77. The number of ether oxygens (including phenoxy) is 2. The number of amides is 2. The van der Waals surface area contributed by atoms with Crippen LogP contribution in [0.1, 0.15) is 58.0 Å². The van der Waals surface area contributed by atoms with Crippen LogP contribution in [0.25, 0.3) is 0 Å². The average molecular weight is 444 g/mol. The third-order valence-corrected chi connectivity index (χ3v) is 3.69. The maximum Gasteiger partial charge on any atom is 0.364 e. The number of carbonyl (C=O) groups is 3. The first-order valence-electron chi connectivity index (χ1n) is 9.48. The molecule has 1 aliphatic rings. The van der Waals surface area contributed by atoms with E-state index in [0.29, 0.717) is 5.69 Å². The van der Waals surface area contributed by atoms with E-state index in [-0.39, 0.29) is 24.7 Å². The van der Waals surface area contributed by atoms with Gasteiger partial charge in [-0.15, -0.1) is 0 Å². The van der Waals surface area contributed by atoms with Gasteiger partial charge in [-0.1, -0.05) is 40.3 Å². The molecule has 0 saturated carbocycles. The number of aliphatic imine (C=N–C) groups is 1. The van der Waals surface area contributed by atoms with Crippen LogP contribution >= 0.6 is 12.6 Å². The minimum absolute atomic E-state index is 0.152. The highest BCUT2D eigenvalue weighted by Crippen LogP contribution is 2.34. The summed E-state index contributed by atoms with van der Waals surface area (Å²) in [6.07, 6.45) is 1.03. The molecule has 0 radical (unpaired) electrons. The van der Waals surface area contributed by atoms with E-state index in [1.807, 2.05) is 40.6 Å². The standard InChI is InChI=1S/C14H19N5O4S.2C2H6.CH2O/c1-16-12(18-13(15)20)10-5-4-9(19(10)17-2)11-6-3-8(23-11)7-22-14(21)24;3*1-2/h4-5,8,11H,2-3,6-7H2,1H3,(H,21,24)(H3,15,16,18,20);2*1-2H3;1H2/t8-,11+;;;/m0.../s1. The van der Waals surface area contributed by atoms with E-state index in [9.17, 15) is 9.59 Å². The number of hydrogen-bond donors (Lipinski definition) is 3. The van der Waals surface area contributed by atoms with E-state index >= 15 is 0 Å². The second-order valence-corrected chi connectivity index (χ2v) is 5.42. The SMILES string of the molecule is C=Nn1c(C(=NC)NC(N)=O)ccc1[C@H]1CC[C@@H](COC(=O)S)O1.C=O.CC.CC. The largest absolute Gasteiger partial charge is 0.455 e. The molecule has 0 spiro atoms. The molecule has 1 saturated heterocycles. The van der Waals surface area contributed by atoms with Crippen LogP contribution in [-0.2, 0) is 14.3 Å². The highest BCUT2D eigenvalue weighted by atomic mass is 32.1. The molecule has 2 atom stereocenters. The van der Waals surface area contributed by atoms with Crippen molar-refractivity contribution in [1.82, 2.24) is 9.99 Å². The molecule has 2 heterocycles. The van der Waals surface area contributed by atoms with Crippen molar-refractivity contribution in [2.24, 2.45) is 15.8 Å². The smallest absolute Gasteiger partial charge is 0.364 e. The Kier molecular flexibility index (Phi) is 17.0. The van der Waals surface area contributed by atoms with Crippen LogP contribution in [0, 0.1) is 0 Å². The van der Waals surface area contributed by atoms with Crippen LogP contribution in [-0.4, -0.2) is 55.1 Å². The van der Waals surface area contributed by atoms with E-state index in [1.54, 1.807) is 6.07 Å². The Bertz CT molecular complexity index is 693. The van der Waals surface area contributed by atoms with Gasteiger partial charge < -0.3 is 20.0 Å². The van der Waals surface area contributed by atoms with E-state index in [2.05, 4.69) is 34.8 Å². The zero-order valence-corrected chi connectivity index (χ0v) is 19.1. The average Bonchev–Trinajstić information content (AvgIpc) is 3.41. The topological polar surface area (TPSA) is 137 Å². The third kappa shape index (κ3) is 9.23. The molecule has 0 aliphatic carbocycles. The van der Waals surface area contributed by atoms with Crippen molar-refractivity contribution < 1.29 is 23.9 Å². The molecule has 2 amide bonds. The quantitative estimate of drug-likeness (QED) is 0.278. The lowest BCUT2D eigenvalue weighted by Gasteiger charge is -2.15. The second-order valence-electron chi connectivity index (χ2n) is 5.06. The highest BCUT2D eigenvalue weighted by Gasteiger charge is 2.30. The Balaban J connectivity index is 0. The Labute approximate surface area is 183 Å². The van der Waals surface area contributed by atoms with Crippen molar-refractivity contribution >= 4 is 43.3 Å². The van der Waals surface area contributed by atoms with Gasteiger partial charge in [0, 0.05) is 13.8 Å². The van der Waals surface area contributed by atoms with Crippen molar-refractivity contribution in [3.8, 4) is 0 Å². The zero-order chi connectivity index (χ0) is 23.7. The van der Waals surface area contributed by atoms with Crippen LogP contribution in [0.15, 0.2) is 22.2 Å². The fourth-order valence-electron chi connectivity index (χ4n) is 2.59. The van der Waals surface area contributed by atoms with Gasteiger partial charge in [-0.25, -0.2) is 14.3 Å². The normalized spacial score (nSPS) is 17.1. The first-order chi connectivity index (χ1) is 14.5. The highest BCUT2D eigenvalue weighted by molar-refractivity contribution is 7.96. The first kappa shape index (κ1) is 29.5. The van der Waals surface area contributed by atoms with Gasteiger partial charge in [-0.3, -0.25) is 10.3 Å². The molecule has 0 aromatic carbocycles. The summed E-state index contributed by atoms with van der Waals surface area (Å²) < 4.78 is 12.3. The van der Waals surface area contributed by atoms with Gasteiger partial charge in [-0.2, -0.15) is 5.10 Å². The van der Waals surface area contributed by atoms with Crippen molar-refractivity contribution in [1.29, 1.82) is 0 Å². The minimum Gasteiger partial charge on any atom is -0.455 e. The van der Waals surface area contributed by atoms with Crippen LogP contribution in [0.2, 0.25) is 0 Å². The summed E-state index contributed by atoms with van der Waals surface area (Å²) >= 11 is 3.56. The van der Waals surface area contributed by atoms with Gasteiger partial charge >= 0.3 is 11.3 Å². The predicted molar refractivity (Wildman–Crippen MR) is 122 cm³/mol. The fourth-order valence-corrected chi connectivity index (χ4v) is 2.66. The van der Waals surface area contributed by atoms with Crippen molar-refractivity contribution in [3.05, 3.63) is 23.5 Å². The minimum atomic E-state index is -0.722. The molecule has 0 bridgehead atoms. The van der Waals surface area contributed by atoms with Gasteiger partial charge in [-0.05, 0) is 25.0 Å². The fraction of sp³-hybridized carbons (Fsp3) is 0.526. The summed E-state index contributed by atoms with van der Waals surface area (Å²) in [6.45, 7) is 13.7. The van der Waals surface area contributed by atoms with Crippen molar-refractivity contribution in [2.75, 3.05) is 13.7 Å². The van der Waals surface area contributed by atoms with E-state index in [0.717, 1.165) is 18.5 Å². The van der Waals surface area contributed by atoms with Crippen LogP contribution < -0.4 is 11.1 Å². The van der Waals surface area contributed by atoms with Gasteiger partial charge in [0.1, 0.15) is 25.2 Å². The number of hydrogen-bond acceptors (Lipinski definition) is 7. The molecule has 1 fully saturated rings. The molecule has 3 N–H and O–H groups in total. The lowest BCUT2D eigenvalue weighted by Crippen LogP contribution is -2.36. The van der Waals surface area contributed by atoms with Crippen molar-refractivity contribution in [3.63, 3.8) is 0 Å². The summed E-state index contributed by atoms with van der Waals surface area (Å²) in [5.41, 5.74) is 6.44. The molecular weight excluding hydrogens is 410 g/mol. The molecule has 1 aromatic heterocycles. The maximum atomic E-state index is 11.1. The van der Waals surface area contributed by atoms with Gasteiger partial charge in [0.2, 0.25) is 0 Å². The van der Waals surface area contributed by atoms with E-state index in [4.69, 9.17) is 20.0 Å². The molecule has 170 valence electrons. The molecular formula is C19H33N5O5S. The van der Waals surface area contributed by atoms with Gasteiger partial charge in [0.05, 0.1) is 11.8 Å². The summed E-state index contributed by atoms with van der Waals surface area (Å²) in [5.74, 6) is 0.278. The Morgan fingerprint density at radius 2 is 1.90 bits per heavy atom. The third-order valence-electron chi connectivity index (χ3n) is 3.56. The monoisotopic (exact) mass is 443 g/mol. The summed E-state index contributed by atoms with van der Waals surface area (Å²) in [7, 11) is 1.53. The Morgan fingerprint density at radius 1 is 1.30 bits per heavy atom. The number of urea groups is 1. The predicted octanol–water partition coefficient (Wildman–Crippen LogP) is 3.15. The second kappa shape index (κ2) is 17.2. The van der Waals surface area contributed by atoms with Gasteiger partial charge in [0.15, 0.2) is 5.84 Å². The number of rotatable bonds is 5. The number of nitrogens with zero attached hydrogens (tertiary/aromatic N) is 3. The number of primary amides is 1. The molecule has 10 nitrogen and oxygen atoms in total. The summed E-state index contributed by atoms with van der Waals surface area (Å²) in [4.78, 5) is 33.8. The number of nitrogens with two attached hydrogens (primary N) is 1. The maximum absolute atomic E-state index is 11.1. The molecule has 11 heteroatoms. The molecule has 1 aliphatic heterocycles. The first-order valence-corrected chi connectivity index (χ1v) is 9.93.